The highest BCUT2D eigenvalue weighted by Crippen LogP contribution is 2.38. The Morgan fingerprint density at radius 1 is 1.29 bits per heavy atom. The van der Waals surface area contributed by atoms with Crippen molar-refractivity contribution in [3.8, 4) is 0 Å². The largest absolute Gasteiger partial charge is 0.367 e. The van der Waals surface area contributed by atoms with E-state index in [2.05, 4.69) is 10.2 Å². The lowest BCUT2D eigenvalue weighted by Crippen LogP contribution is -2.37. The molecule has 0 radical (unpaired) electrons. The predicted octanol–water partition coefficient (Wildman–Crippen LogP) is 3.22. The third kappa shape index (κ3) is 3.47. The van der Waals surface area contributed by atoms with E-state index in [0.717, 1.165) is 25.3 Å². The number of piperidine rings is 1. The van der Waals surface area contributed by atoms with Gasteiger partial charge in [-0.15, -0.1) is 0 Å². The van der Waals surface area contributed by atoms with Crippen molar-refractivity contribution in [2.45, 2.75) is 31.7 Å². The molecule has 2 fully saturated rings. The van der Waals surface area contributed by atoms with Gasteiger partial charge < -0.3 is 10.2 Å². The van der Waals surface area contributed by atoms with Crippen molar-refractivity contribution in [3.63, 3.8) is 0 Å². The molecule has 1 aromatic carbocycles. The minimum Gasteiger partial charge on any atom is -0.367 e. The zero-order valence-corrected chi connectivity index (χ0v) is 12.7. The Morgan fingerprint density at radius 3 is 2.57 bits per heavy atom. The van der Waals surface area contributed by atoms with E-state index in [-0.39, 0.29) is 5.69 Å². The molecular weight excluding hydrogens is 290 g/mol. The van der Waals surface area contributed by atoms with Gasteiger partial charge >= 0.3 is 0 Å². The standard InChI is InChI=1S/C15H20ClN3O2/c16-14-9-13(19(20)21)3-4-15(14)18(12-1-2-12)10-11-5-7-17-8-6-11/h3-4,9,11-12,17H,1-2,5-8,10H2. The van der Waals surface area contributed by atoms with Gasteiger partial charge in [-0.1, -0.05) is 11.6 Å². The lowest BCUT2D eigenvalue weighted by atomic mass is 9.97. The Kier molecular flexibility index (Phi) is 4.31. The molecule has 0 aromatic heterocycles. The molecule has 0 atom stereocenters. The summed E-state index contributed by atoms with van der Waals surface area (Å²) in [5.41, 5.74) is 1.00. The highest BCUT2D eigenvalue weighted by molar-refractivity contribution is 6.33. The van der Waals surface area contributed by atoms with Gasteiger partial charge in [0, 0.05) is 24.7 Å². The van der Waals surface area contributed by atoms with E-state index >= 15 is 0 Å². The molecule has 3 rings (SSSR count). The maximum atomic E-state index is 10.8. The van der Waals surface area contributed by atoms with Crippen LogP contribution in [0.4, 0.5) is 11.4 Å². The molecule has 1 aliphatic heterocycles. The number of halogens is 1. The van der Waals surface area contributed by atoms with Gasteiger partial charge in [0.15, 0.2) is 0 Å². The molecule has 1 aliphatic carbocycles. The van der Waals surface area contributed by atoms with Gasteiger partial charge in [-0.2, -0.15) is 0 Å². The summed E-state index contributed by atoms with van der Waals surface area (Å²) in [7, 11) is 0. The Balaban J connectivity index is 1.78. The molecule has 1 heterocycles. The molecule has 0 spiro atoms. The monoisotopic (exact) mass is 309 g/mol. The fraction of sp³-hybridized carbons (Fsp3) is 0.600. The van der Waals surface area contributed by atoms with Crippen LogP contribution in [-0.2, 0) is 0 Å². The van der Waals surface area contributed by atoms with Crippen molar-refractivity contribution in [3.05, 3.63) is 33.3 Å². The van der Waals surface area contributed by atoms with Gasteiger partial charge in [0.1, 0.15) is 0 Å². The van der Waals surface area contributed by atoms with Crippen LogP contribution in [0.15, 0.2) is 18.2 Å². The maximum absolute atomic E-state index is 10.8. The smallest absolute Gasteiger partial charge is 0.271 e. The average Bonchev–Trinajstić information content (AvgIpc) is 3.31. The summed E-state index contributed by atoms with van der Waals surface area (Å²) in [6, 6.07) is 5.38. The van der Waals surface area contributed by atoms with Crippen molar-refractivity contribution in [2.75, 3.05) is 24.5 Å². The molecule has 2 aliphatic rings. The minimum absolute atomic E-state index is 0.0568. The van der Waals surface area contributed by atoms with Crippen LogP contribution < -0.4 is 10.2 Å². The van der Waals surface area contributed by atoms with Gasteiger partial charge in [0.25, 0.3) is 5.69 Å². The van der Waals surface area contributed by atoms with Crippen molar-refractivity contribution in [1.82, 2.24) is 5.32 Å². The van der Waals surface area contributed by atoms with E-state index in [1.54, 1.807) is 12.1 Å². The van der Waals surface area contributed by atoms with Crippen molar-refractivity contribution >= 4 is 23.0 Å². The SMILES string of the molecule is O=[N+]([O-])c1ccc(N(CC2CCNCC2)C2CC2)c(Cl)c1. The lowest BCUT2D eigenvalue weighted by Gasteiger charge is -2.32. The normalized spacial score (nSPS) is 19.5. The zero-order valence-electron chi connectivity index (χ0n) is 11.9. The van der Waals surface area contributed by atoms with Crippen molar-refractivity contribution < 1.29 is 4.92 Å². The fourth-order valence-electron chi connectivity index (χ4n) is 3.02. The molecule has 0 amide bonds. The number of nitro benzene ring substituents is 1. The second kappa shape index (κ2) is 6.20. The van der Waals surface area contributed by atoms with Gasteiger partial charge in [0.2, 0.25) is 0 Å². The molecule has 0 bridgehead atoms. The minimum atomic E-state index is -0.399. The second-order valence-corrected chi connectivity index (χ2v) is 6.38. The highest BCUT2D eigenvalue weighted by Gasteiger charge is 2.32. The third-order valence-electron chi connectivity index (χ3n) is 4.35. The van der Waals surface area contributed by atoms with Crippen LogP contribution in [0, 0.1) is 16.0 Å². The van der Waals surface area contributed by atoms with Crippen LogP contribution in [0.1, 0.15) is 25.7 Å². The lowest BCUT2D eigenvalue weighted by molar-refractivity contribution is -0.384. The number of hydrogen-bond acceptors (Lipinski definition) is 4. The van der Waals surface area contributed by atoms with Crippen molar-refractivity contribution in [2.24, 2.45) is 5.92 Å². The number of benzene rings is 1. The van der Waals surface area contributed by atoms with Crippen LogP contribution in [0.5, 0.6) is 0 Å². The molecule has 21 heavy (non-hydrogen) atoms. The van der Waals surface area contributed by atoms with Crippen LogP contribution in [0.2, 0.25) is 5.02 Å². The number of nitro groups is 1. The Hall–Kier alpha value is -1.33. The number of nitrogens with zero attached hydrogens (tertiary/aromatic N) is 2. The highest BCUT2D eigenvalue weighted by atomic mass is 35.5. The third-order valence-corrected chi connectivity index (χ3v) is 4.66. The quantitative estimate of drug-likeness (QED) is 0.670. The predicted molar refractivity (Wildman–Crippen MR) is 84.1 cm³/mol. The summed E-state index contributed by atoms with van der Waals surface area (Å²) in [6.45, 7) is 3.16. The van der Waals surface area contributed by atoms with E-state index in [1.165, 1.54) is 31.7 Å². The molecule has 114 valence electrons. The summed E-state index contributed by atoms with van der Waals surface area (Å²) in [5.74, 6) is 0.679. The zero-order chi connectivity index (χ0) is 14.8. The van der Waals surface area contributed by atoms with Gasteiger partial charge in [-0.3, -0.25) is 10.1 Å². The van der Waals surface area contributed by atoms with Crippen LogP contribution in [0.3, 0.4) is 0 Å². The number of rotatable bonds is 5. The average molecular weight is 310 g/mol. The molecule has 0 unspecified atom stereocenters. The van der Waals surface area contributed by atoms with Crippen LogP contribution in [-0.4, -0.2) is 30.6 Å². The van der Waals surface area contributed by atoms with Gasteiger partial charge in [-0.25, -0.2) is 0 Å². The summed E-state index contributed by atoms with van der Waals surface area (Å²) in [5, 5.41) is 14.7. The van der Waals surface area contributed by atoms with Gasteiger partial charge in [0.05, 0.1) is 15.6 Å². The van der Waals surface area contributed by atoms with Crippen LogP contribution >= 0.6 is 11.6 Å². The maximum Gasteiger partial charge on any atom is 0.271 e. The first kappa shape index (κ1) is 14.6. The molecule has 6 heteroatoms. The molecule has 1 saturated carbocycles. The van der Waals surface area contributed by atoms with E-state index in [1.807, 2.05) is 0 Å². The first-order valence-corrected chi connectivity index (χ1v) is 7.94. The van der Waals surface area contributed by atoms with E-state index in [4.69, 9.17) is 11.6 Å². The van der Waals surface area contributed by atoms with Crippen LogP contribution in [0.25, 0.3) is 0 Å². The summed E-state index contributed by atoms with van der Waals surface area (Å²) < 4.78 is 0. The Morgan fingerprint density at radius 2 is 2.00 bits per heavy atom. The summed E-state index contributed by atoms with van der Waals surface area (Å²) in [6.07, 6.45) is 4.76. The molecular formula is C15H20ClN3O2. The van der Waals surface area contributed by atoms with E-state index in [0.29, 0.717) is 17.0 Å². The Labute approximate surface area is 129 Å². The van der Waals surface area contributed by atoms with Crippen molar-refractivity contribution in [1.29, 1.82) is 0 Å². The second-order valence-electron chi connectivity index (χ2n) is 5.97. The number of non-ortho nitro benzene ring substituents is 1. The number of hydrogen-bond donors (Lipinski definition) is 1. The number of nitrogens with one attached hydrogen (secondary N) is 1. The summed E-state index contributed by atoms with van der Waals surface area (Å²) >= 11 is 6.30. The molecule has 1 N–H and O–H groups in total. The molecule has 1 saturated heterocycles. The van der Waals surface area contributed by atoms with Gasteiger partial charge in [-0.05, 0) is 50.8 Å². The topological polar surface area (TPSA) is 58.4 Å². The Bertz CT molecular complexity index is 528. The number of anilines is 1. The molecule has 5 nitrogen and oxygen atoms in total. The first-order chi connectivity index (χ1) is 10.1. The molecule has 1 aromatic rings. The van der Waals surface area contributed by atoms with E-state index < -0.39 is 4.92 Å². The summed E-state index contributed by atoms with van der Waals surface area (Å²) in [4.78, 5) is 12.8. The van der Waals surface area contributed by atoms with E-state index in [9.17, 15) is 10.1 Å². The fourth-order valence-corrected chi connectivity index (χ4v) is 3.30. The first-order valence-electron chi connectivity index (χ1n) is 7.56.